The van der Waals surface area contributed by atoms with E-state index in [0.29, 0.717) is 26.2 Å². The van der Waals surface area contributed by atoms with Gasteiger partial charge in [0.05, 0.1) is 13.2 Å². The minimum atomic E-state index is -0.832. The summed E-state index contributed by atoms with van der Waals surface area (Å²) in [5.41, 5.74) is 0. The van der Waals surface area contributed by atoms with Gasteiger partial charge in [0.2, 0.25) is 5.91 Å². The van der Waals surface area contributed by atoms with Gasteiger partial charge in [-0.3, -0.25) is 9.00 Å². The zero-order valence-electron chi connectivity index (χ0n) is 10.2. The van der Waals surface area contributed by atoms with Gasteiger partial charge in [-0.1, -0.05) is 6.92 Å². The molecule has 0 saturated carbocycles. The Kier molecular flexibility index (Phi) is 9.46. The highest BCUT2D eigenvalue weighted by molar-refractivity contribution is 7.84. The number of hydrogen-bond donors (Lipinski definition) is 1. The molecule has 1 N–H and O–H groups in total. The molecular weight excluding hydrogens is 230 g/mol. The quantitative estimate of drug-likeness (QED) is 0.582. The Morgan fingerprint density at radius 2 is 2.12 bits per heavy atom. The molecule has 0 radical (unpaired) electrons. The first-order valence-corrected chi connectivity index (χ1v) is 6.85. The number of nitrogens with one attached hydrogen (secondary N) is 1. The van der Waals surface area contributed by atoms with Crippen LogP contribution in [0.15, 0.2) is 0 Å². The molecule has 0 aliphatic heterocycles. The minimum Gasteiger partial charge on any atom is -0.382 e. The number of amides is 1. The van der Waals surface area contributed by atoms with Gasteiger partial charge >= 0.3 is 0 Å². The van der Waals surface area contributed by atoms with Crippen molar-refractivity contribution in [1.82, 2.24) is 5.32 Å². The zero-order valence-corrected chi connectivity index (χ0v) is 11.0. The van der Waals surface area contributed by atoms with Crippen molar-refractivity contribution in [2.24, 2.45) is 0 Å². The van der Waals surface area contributed by atoms with E-state index in [1.54, 1.807) is 13.4 Å². The van der Waals surface area contributed by atoms with Crippen LogP contribution in [-0.4, -0.2) is 55.1 Å². The van der Waals surface area contributed by atoms with Gasteiger partial charge in [0.15, 0.2) is 0 Å². The summed E-state index contributed by atoms with van der Waals surface area (Å²) in [4.78, 5) is 11.2. The third-order valence-electron chi connectivity index (χ3n) is 2.10. The largest absolute Gasteiger partial charge is 0.382 e. The highest BCUT2D eigenvalue weighted by atomic mass is 32.2. The Hall–Kier alpha value is -0.460. The molecule has 2 atom stereocenters. The Balaban J connectivity index is 3.40. The maximum atomic E-state index is 11.2. The summed E-state index contributed by atoms with van der Waals surface area (Å²) in [6.07, 6.45) is 2.38. The molecule has 0 fully saturated rings. The summed E-state index contributed by atoms with van der Waals surface area (Å²) in [7, 11) is 0.747. The number of carbonyl (C=O) groups is 1. The summed E-state index contributed by atoms with van der Waals surface area (Å²) in [6.45, 7) is 3.38. The van der Waals surface area contributed by atoms with Crippen LogP contribution in [0.4, 0.5) is 0 Å². The van der Waals surface area contributed by atoms with Crippen LogP contribution in [0.1, 0.15) is 13.3 Å². The average Bonchev–Trinajstić information content (AvgIpc) is 2.24. The van der Waals surface area contributed by atoms with Crippen molar-refractivity contribution in [3.8, 4) is 0 Å². The van der Waals surface area contributed by atoms with Crippen LogP contribution >= 0.6 is 0 Å². The Morgan fingerprint density at radius 3 is 2.69 bits per heavy atom. The van der Waals surface area contributed by atoms with Crippen molar-refractivity contribution in [2.75, 3.05) is 39.7 Å². The van der Waals surface area contributed by atoms with Crippen molar-refractivity contribution in [2.45, 2.75) is 18.6 Å². The molecule has 0 aliphatic carbocycles. The molecule has 96 valence electrons. The van der Waals surface area contributed by atoms with Crippen LogP contribution in [0.5, 0.6) is 0 Å². The minimum absolute atomic E-state index is 0.0486. The predicted molar refractivity (Wildman–Crippen MR) is 63.9 cm³/mol. The van der Waals surface area contributed by atoms with Crippen LogP contribution in [0.25, 0.3) is 0 Å². The maximum absolute atomic E-state index is 11.2. The standard InChI is InChI=1S/C10H21NO4S/c1-9(16(3)13)4-5-11-10(12)8-15-7-6-14-2/h9H,4-8H2,1-3H3,(H,11,12). The van der Waals surface area contributed by atoms with E-state index < -0.39 is 10.8 Å². The molecule has 1 amide bonds. The second-order valence-electron chi connectivity index (χ2n) is 3.49. The number of methoxy groups -OCH3 is 1. The summed E-state index contributed by atoms with van der Waals surface area (Å²) in [5, 5.41) is 2.81. The van der Waals surface area contributed by atoms with Crippen LogP contribution < -0.4 is 5.32 Å². The fourth-order valence-corrected chi connectivity index (χ4v) is 1.39. The van der Waals surface area contributed by atoms with Crippen molar-refractivity contribution in [3.05, 3.63) is 0 Å². The van der Waals surface area contributed by atoms with E-state index in [9.17, 15) is 9.00 Å². The SMILES string of the molecule is COCCOCC(=O)NCCC(C)S(C)=O. The molecular formula is C10H21NO4S. The monoisotopic (exact) mass is 251 g/mol. The number of carbonyl (C=O) groups excluding carboxylic acids is 1. The van der Waals surface area contributed by atoms with Gasteiger partial charge in [-0.05, 0) is 6.42 Å². The fraction of sp³-hybridized carbons (Fsp3) is 0.900. The number of rotatable bonds is 9. The predicted octanol–water partition coefficient (Wildman–Crippen LogP) is -0.0773. The van der Waals surface area contributed by atoms with Gasteiger partial charge in [0.1, 0.15) is 6.61 Å². The molecule has 0 spiro atoms. The summed E-state index contributed by atoms with van der Waals surface area (Å²) >= 11 is 0. The second kappa shape index (κ2) is 9.74. The molecule has 0 bridgehead atoms. The molecule has 0 heterocycles. The first-order chi connectivity index (χ1) is 7.57. The van der Waals surface area contributed by atoms with Gasteiger partial charge in [0.25, 0.3) is 0 Å². The average molecular weight is 251 g/mol. The molecule has 0 aromatic carbocycles. The first kappa shape index (κ1) is 15.5. The smallest absolute Gasteiger partial charge is 0.246 e. The van der Waals surface area contributed by atoms with Gasteiger partial charge in [-0.15, -0.1) is 0 Å². The van der Waals surface area contributed by atoms with E-state index in [1.165, 1.54) is 0 Å². The molecule has 2 unspecified atom stereocenters. The molecule has 0 saturated heterocycles. The lowest BCUT2D eigenvalue weighted by molar-refractivity contribution is -0.126. The van der Waals surface area contributed by atoms with E-state index in [-0.39, 0.29) is 17.8 Å². The molecule has 0 rings (SSSR count). The summed E-state index contributed by atoms with van der Waals surface area (Å²) in [6, 6.07) is 0. The van der Waals surface area contributed by atoms with Gasteiger partial charge in [0, 0.05) is 36.0 Å². The second-order valence-corrected chi connectivity index (χ2v) is 5.30. The molecule has 0 aromatic heterocycles. The van der Waals surface area contributed by atoms with E-state index in [2.05, 4.69) is 5.32 Å². The van der Waals surface area contributed by atoms with E-state index >= 15 is 0 Å². The third kappa shape index (κ3) is 8.82. The van der Waals surface area contributed by atoms with Crippen molar-refractivity contribution < 1.29 is 18.5 Å². The van der Waals surface area contributed by atoms with Crippen molar-refractivity contribution >= 4 is 16.7 Å². The van der Waals surface area contributed by atoms with Crippen LogP contribution in [-0.2, 0) is 25.1 Å². The van der Waals surface area contributed by atoms with Crippen LogP contribution in [0, 0.1) is 0 Å². The lowest BCUT2D eigenvalue weighted by Gasteiger charge is -2.09. The Morgan fingerprint density at radius 1 is 1.44 bits per heavy atom. The zero-order chi connectivity index (χ0) is 12.4. The van der Waals surface area contributed by atoms with E-state index in [0.717, 1.165) is 0 Å². The van der Waals surface area contributed by atoms with Crippen LogP contribution in [0.3, 0.4) is 0 Å². The Labute approximate surface area is 99.3 Å². The fourth-order valence-electron chi connectivity index (χ4n) is 0.939. The van der Waals surface area contributed by atoms with E-state index in [4.69, 9.17) is 9.47 Å². The van der Waals surface area contributed by atoms with Crippen LogP contribution in [0.2, 0.25) is 0 Å². The number of ether oxygens (including phenoxy) is 2. The lowest BCUT2D eigenvalue weighted by Crippen LogP contribution is -2.31. The Bertz CT molecular complexity index is 223. The topological polar surface area (TPSA) is 64.6 Å². The molecule has 0 aromatic rings. The number of hydrogen-bond acceptors (Lipinski definition) is 4. The molecule has 0 aliphatic rings. The highest BCUT2D eigenvalue weighted by Gasteiger charge is 2.06. The van der Waals surface area contributed by atoms with Gasteiger partial charge in [-0.25, -0.2) is 0 Å². The van der Waals surface area contributed by atoms with Crippen molar-refractivity contribution in [3.63, 3.8) is 0 Å². The van der Waals surface area contributed by atoms with Gasteiger partial charge < -0.3 is 14.8 Å². The maximum Gasteiger partial charge on any atom is 0.246 e. The first-order valence-electron chi connectivity index (χ1n) is 5.23. The molecule has 6 heteroatoms. The third-order valence-corrected chi connectivity index (χ3v) is 3.47. The molecule has 5 nitrogen and oxygen atoms in total. The normalized spacial score (nSPS) is 14.4. The van der Waals surface area contributed by atoms with Crippen molar-refractivity contribution in [1.29, 1.82) is 0 Å². The summed E-state index contributed by atoms with van der Waals surface area (Å²) < 4.78 is 20.8. The lowest BCUT2D eigenvalue weighted by atomic mass is 10.3. The highest BCUT2D eigenvalue weighted by Crippen LogP contribution is 1.96. The summed E-state index contributed by atoms with van der Waals surface area (Å²) in [5.74, 6) is -0.148. The molecule has 16 heavy (non-hydrogen) atoms. The van der Waals surface area contributed by atoms with Gasteiger partial charge in [-0.2, -0.15) is 0 Å². The van der Waals surface area contributed by atoms with E-state index in [1.807, 2.05) is 6.92 Å².